The van der Waals surface area contributed by atoms with Crippen LogP contribution in [0.25, 0.3) is 11.4 Å². The Labute approximate surface area is 190 Å². The van der Waals surface area contributed by atoms with Crippen LogP contribution in [0.5, 0.6) is 17.2 Å². The number of rotatable bonds is 8. The Morgan fingerprint density at radius 2 is 1.88 bits per heavy atom. The molecule has 1 aromatic heterocycles. The van der Waals surface area contributed by atoms with Crippen LogP contribution >= 0.6 is 0 Å². The van der Waals surface area contributed by atoms with Crippen molar-refractivity contribution in [1.82, 2.24) is 15.3 Å². The molecule has 174 valence electrons. The predicted molar refractivity (Wildman–Crippen MR) is 125 cm³/mol. The van der Waals surface area contributed by atoms with E-state index in [9.17, 15) is 4.79 Å². The molecule has 1 aliphatic rings. The normalized spacial score (nSPS) is 16.9. The summed E-state index contributed by atoms with van der Waals surface area (Å²) in [7, 11) is 4.72. The third-order valence-electron chi connectivity index (χ3n) is 6.00. The number of aromatic nitrogens is 2. The van der Waals surface area contributed by atoms with Crippen molar-refractivity contribution < 1.29 is 19.0 Å². The Balaban J connectivity index is 2.11. The van der Waals surface area contributed by atoms with Crippen LogP contribution in [0.3, 0.4) is 0 Å². The van der Waals surface area contributed by atoms with E-state index in [-0.39, 0.29) is 11.9 Å². The zero-order valence-electron chi connectivity index (χ0n) is 19.9. The lowest BCUT2D eigenvalue weighted by Crippen LogP contribution is -2.40. The standard InChI is InChI=1S/C24H34N4O4/c1-7-15(2)26-24(29)18-14-25-22(27-23(18)28-11-9-8-10-16(28)3)17-12-19(30-4)21(32-6)20(13-17)31-5/h12-16H,7-11H2,1-6H3,(H,26,29)/t15-,16-/m1/s1. The van der Waals surface area contributed by atoms with Gasteiger partial charge in [0.2, 0.25) is 5.75 Å². The van der Waals surface area contributed by atoms with Gasteiger partial charge in [-0.15, -0.1) is 0 Å². The summed E-state index contributed by atoms with van der Waals surface area (Å²) in [6.45, 7) is 7.07. The Morgan fingerprint density at radius 1 is 1.19 bits per heavy atom. The molecule has 1 aliphatic heterocycles. The number of amides is 1. The zero-order valence-corrected chi connectivity index (χ0v) is 19.9. The number of methoxy groups -OCH3 is 3. The molecular formula is C24H34N4O4. The van der Waals surface area contributed by atoms with Crippen molar-refractivity contribution in [3.05, 3.63) is 23.9 Å². The van der Waals surface area contributed by atoms with Crippen LogP contribution in [0, 0.1) is 0 Å². The number of carbonyl (C=O) groups excluding carboxylic acids is 1. The molecule has 0 spiro atoms. The molecule has 0 radical (unpaired) electrons. The number of hydrogen-bond acceptors (Lipinski definition) is 7. The van der Waals surface area contributed by atoms with Crippen LogP contribution in [0.2, 0.25) is 0 Å². The molecule has 0 bridgehead atoms. The summed E-state index contributed by atoms with van der Waals surface area (Å²) in [5, 5.41) is 3.05. The molecule has 1 N–H and O–H groups in total. The predicted octanol–water partition coefficient (Wildman–Crippen LogP) is 4.08. The van der Waals surface area contributed by atoms with Crippen LogP contribution in [0.4, 0.5) is 5.82 Å². The first-order chi connectivity index (χ1) is 15.4. The smallest absolute Gasteiger partial charge is 0.256 e. The van der Waals surface area contributed by atoms with Gasteiger partial charge in [0.1, 0.15) is 11.4 Å². The van der Waals surface area contributed by atoms with Gasteiger partial charge in [0, 0.05) is 30.4 Å². The molecule has 0 saturated carbocycles. The van der Waals surface area contributed by atoms with E-state index in [2.05, 4.69) is 22.1 Å². The number of benzene rings is 1. The summed E-state index contributed by atoms with van der Waals surface area (Å²) in [4.78, 5) is 24.7. The van der Waals surface area contributed by atoms with Crippen molar-refractivity contribution in [2.45, 2.75) is 58.5 Å². The van der Waals surface area contributed by atoms with Gasteiger partial charge in [-0.3, -0.25) is 4.79 Å². The van der Waals surface area contributed by atoms with E-state index in [4.69, 9.17) is 19.2 Å². The second-order valence-electron chi connectivity index (χ2n) is 8.17. The van der Waals surface area contributed by atoms with Gasteiger partial charge in [0.15, 0.2) is 17.3 Å². The molecule has 1 saturated heterocycles. The van der Waals surface area contributed by atoms with E-state index in [0.29, 0.717) is 40.5 Å². The third-order valence-corrected chi connectivity index (χ3v) is 6.00. The Kier molecular flexibility index (Phi) is 7.77. The van der Waals surface area contributed by atoms with Gasteiger partial charge >= 0.3 is 0 Å². The fourth-order valence-corrected chi connectivity index (χ4v) is 3.92. The first-order valence-electron chi connectivity index (χ1n) is 11.2. The van der Waals surface area contributed by atoms with Gasteiger partial charge in [-0.25, -0.2) is 9.97 Å². The molecule has 1 amide bonds. The zero-order chi connectivity index (χ0) is 23.3. The van der Waals surface area contributed by atoms with E-state index in [1.807, 2.05) is 26.0 Å². The van der Waals surface area contributed by atoms with Crippen molar-refractivity contribution in [3.8, 4) is 28.6 Å². The van der Waals surface area contributed by atoms with Gasteiger partial charge in [-0.1, -0.05) is 6.92 Å². The van der Waals surface area contributed by atoms with E-state index in [1.165, 1.54) is 6.42 Å². The van der Waals surface area contributed by atoms with Crippen LogP contribution in [0.15, 0.2) is 18.3 Å². The van der Waals surface area contributed by atoms with Crippen LogP contribution in [-0.2, 0) is 0 Å². The molecule has 0 unspecified atom stereocenters. The largest absolute Gasteiger partial charge is 0.493 e. The van der Waals surface area contributed by atoms with Gasteiger partial charge in [-0.2, -0.15) is 0 Å². The number of hydrogen-bond donors (Lipinski definition) is 1. The summed E-state index contributed by atoms with van der Waals surface area (Å²) >= 11 is 0. The molecular weight excluding hydrogens is 408 g/mol. The molecule has 3 rings (SSSR count). The van der Waals surface area contributed by atoms with Gasteiger partial charge in [-0.05, 0) is 51.7 Å². The second-order valence-corrected chi connectivity index (χ2v) is 8.17. The lowest BCUT2D eigenvalue weighted by atomic mass is 10.0. The van der Waals surface area contributed by atoms with Crippen molar-refractivity contribution in [3.63, 3.8) is 0 Å². The number of anilines is 1. The maximum atomic E-state index is 13.0. The first-order valence-corrected chi connectivity index (χ1v) is 11.2. The number of ether oxygens (including phenoxy) is 3. The summed E-state index contributed by atoms with van der Waals surface area (Å²) in [5.41, 5.74) is 1.22. The van der Waals surface area contributed by atoms with E-state index >= 15 is 0 Å². The molecule has 0 aliphatic carbocycles. The average Bonchev–Trinajstić information content (AvgIpc) is 2.82. The summed E-state index contributed by atoms with van der Waals surface area (Å²) < 4.78 is 16.4. The van der Waals surface area contributed by atoms with Crippen LogP contribution in [-0.4, -0.2) is 55.8 Å². The lowest BCUT2D eigenvalue weighted by Gasteiger charge is -2.35. The Morgan fingerprint density at radius 3 is 2.44 bits per heavy atom. The van der Waals surface area contributed by atoms with E-state index in [1.54, 1.807) is 27.5 Å². The highest BCUT2D eigenvalue weighted by molar-refractivity contribution is 5.99. The highest BCUT2D eigenvalue weighted by Crippen LogP contribution is 2.41. The van der Waals surface area contributed by atoms with E-state index < -0.39 is 0 Å². The maximum Gasteiger partial charge on any atom is 0.256 e. The van der Waals surface area contributed by atoms with E-state index in [0.717, 1.165) is 31.4 Å². The van der Waals surface area contributed by atoms with Gasteiger partial charge < -0.3 is 24.4 Å². The third kappa shape index (κ3) is 4.89. The van der Waals surface area contributed by atoms with Crippen LogP contribution in [0.1, 0.15) is 56.8 Å². The fourth-order valence-electron chi connectivity index (χ4n) is 3.92. The number of nitrogens with zero attached hydrogens (tertiary/aromatic N) is 3. The summed E-state index contributed by atoms with van der Waals surface area (Å²) in [6.07, 6.45) is 5.79. The highest BCUT2D eigenvalue weighted by Gasteiger charge is 2.27. The molecule has 1 aromatic carbocycles. The monoisotopic (exact) mass is 442 g/mol. The molecule has 1 fully saturated rings. The minimum Gasteiger partial charge on any atom is -0.493 e. The molecule has 8 nitrogen and oxygen atoms in total. The lowest BCUT2D eigenvalue weighted by molar-refractivity contribution is 0.0939. The molecule has 32 heavy (non-hydrogen) atoms. The summed E-state index contributed by atoms with van der Waals surface area (Å²) in [5.74, 6) is 2.57. The molecule has 2 aromatic rings. The van der Waals surface area contributed by atoms with Crippen molar-refractivity contribution in [1.29, 1.82) is 0 Å². The molecule has 2 heterocycles. The van der Waals surface area contributed by atoms with Crippen molar-refractivity contribution in [2.75, 3.05) is 32.8 Å². The molecule has 8 heteroatoms. The van der Waals surface area contributed by atoms with Gasteiger partial charge in [0.05, 0.1) is 21.3 Å². The van der Waals surface area contributed by atoms with Crippen molar-refractivity contribution >= 4 is 11.7 Å². The highest BCUT2D eigenvalue weighted by atomic mass is 16.5. The maximum absolute atomic E-state index is 13.0. The quantitative estimate of drug-likeness (QED) is 0.659. The fraction of sp³-hybridized carbons (Fsp3) is 0.542. The molecule has 2 atom stereocenters. The Hall–Kier alpha value is -3.03. The number of carbonyl (C=O) groups is 1. The van der Waals surface area contributed by atoms with Gasteiger partial charge in [0.25, 0.3) is 5.91 Å². The minimum atomic E-state index is -0.149. The van der Waals surface area contributed by atoms with Crippen molar-refractivity contribution in [2.24, 2.45) is 0 Å². The first kappa shape index (κ1) is 23.6. The number of piperidine rings is 1. The summed E-state index contributed by atoms with van der Waals surface area (Å²) in [6, 6.07) is 4.00. The second kappa shape index (κ2) is 10.5. The SMILES string of the molecule is CC[C@@H](C)NC(=O)c1cnc(-c2cc(OC)c(OC)c(OC)c2)nc1N1CCCC[C@H]1C. The average molecular weight is 443 g/mol. The minimum absolute atomic E-state index is 0.0731. The number of nitrogens with one attached hydrogen (secondary N) is 1. The Bertz CT molecular complexity index is 925. The van der Waals surface area contributed by atoms with Crippen LogP contribution < -0.4 is 24.4 Å². The topological polar surface area (TPSA) is 85.8 Å².